The minimum absolute atomic E-state index is 0.130. The van der Waals surface area contributed by atoms with Gasteiger partial charge in [-0.3, -0.25) is 0 Å². The van der Waals surface area contributed by atoms with Crippen LogP contribution in [0.4, 0.5) is 18.9 Å². The molecular formula is C23H25F3N4O2. The third kappa shape index (κ3) is 4.34. The van der Waals surface area contributed by atoms with Crippen LogP contribution in [-0.4, -0.2) is 53.0 Å². The molecule has 0 saturated heterocycles. The maximum Gasteiger partial charge on any atom is 0.426 e. The van der Waals surface area contributed by atoms with Crippen molar-refractivity contribution >= 4 is 12.0 Å². The highest BCUT2D eigenvalue weighted by atomic mass is 19.4. The molecule has 0 aliphatic carbocycles. The van der Waals surface area contributed by atoms with E-state index in [0.717, 1.165) is 12.7 Å². The normalized spacial score (nSPS) is 13.9. The number of hydrogen-bond donors (Lipinski definition) is 1. The van der Waals surface area contributed by atoms with Crippen molar-refractivity contribution in [1.29, 1.82) is 0 Å². The molecular weight excluding hydrogens is 421 g/mol. The summed E-state index contributed by atoms with van der Waals surface area (Å²) in [5.41, 5.74) is -2.72. The molecule has 6 nitrogen and oxygen atoms in total. The molecule has 1 N–H and O–H groups in total. The summed E-state index contributed by atoms with van der Waals surface area (Å²) in [7, 11) is 3.08. The third-order valence-electron chi connectivity index (χ3n) is 5.23. The molecule has 0 fully saturated rings. The van der Waals surface area contributed by atoms with Gasteiger partial charge in [0.05, 0.1) is 31.0 Å². The quantitative estimate of drug-likeness (QED) is 0.426. The van der Waals surface area contributed by atoms with Crippen LogP contribution in [0.1, 0.15) is 23.6 Å². The number of aryl methyl sites for hydroxylation is 1. The van der Waals surface area contributed by atoms with Crippen LogP contribution in [-0.2, 0) is 5.60 Å². The average Bonchev–Trinajstić information content (AvgIpc) is 3.27. The van der Waals surface area contributed by atoms with Crippen LogP contribution in [0.25, 0.3) is 5.69 Å². The number of nitrogens with zero attached hydrogens (tertiary/aromatic N) is 4. The van der Waals surface area contributed by atoms with Gasteiger partial charge in [0.2, 0.25) is 5.60 Å². The summed E-state index contributed by atoms with van der Waals surface area (Å²) in [4.78, 5) is 6.15. The Balaban J connectivity index is 2.15. The van der Waals surface area contributed by atoms with Crippen LogP contribution in [0.5, 0.6) is 5.75 Å². The van der Waals surface area contributed by atoms with E-state index in [4.69, 9.17) is 4.74 Å². The Bertz CT molecular complexity index is 1100. The topological polar surface area (TPSA) is 62.9 Å². The second-order valence-electron chi connectivity index (χ2n) is 7.37. The molecule has 0 amide bonds. The number of halogens is 3. The van der Waals surface area contributed by atoms with E-state index in [-0.39, 0.29) is 5.75 Å². The van der Waals surface area contributed by atoms with Crippen LogP contribution >= 0.6 is 0 Å². The molecule has 32 heavy (non-hydrogen) atoms. The summed E-state index contributed by atoms with van der Waals surface area (Å²) >= 11 is 0. The molecule has 1 atom stereocenters. The summed E-state index contributed by atoms with van der Waals surface area (Å²) in [6, 6.07) is 11.3. The minimum atomic E-state index is -5.04. The maximum atomic E-state index is 14.4. The van der Waals surface area contributed by atoms with E-state index in [2.05, 4.69) is 10.1 Å². The molecule has 170 valence electrons. The number of methoxy groups -OCH3 is 1. The third-order valence-corrected chi connectivity index (χ3v) is 5.23. The molecule has 0 aliphatic rings. The Morgan fingerprint density at radius 1 is 1.22 bits per heavy atom. The van der Waals surface area contributed by atoms with E-state index >= 15 is 0 Å². The molecule has 2 aromatic carbocycles. The van der Waals surface area contributed by atoms with Gasteiger partial charge in [0.1, 0.15) is 5.75 Å². The van der Waals surface area contributed by atoms with Crippen LogP contribution in [0.3, 0.4) is 0 Å². The van der Waals surface area contributed by atoms with Gasteiger partial charge in [0, 0.05) is 37.0 Å². The number of alkyl halides is 3. The zero-order valence-electron chi connectivity index (χ0n) is 18.3. The van der Waals surface area contributed by atoms with Gasteiger partial charge in [-0.2, -0.15) is 18.3 Å². The van der Waals surface area contributed by atoms with Crippen molar-refractivity contribution in [3.63, 3.8) is 0 Å². The Kier molecular flexibility index (Phi) is 6.59. The lowest BCUT2D eigenvalue weighted by atomic mass is 9.85. The standard InChI is InChI=1S/C23H25F3N4O2/c1-5-29(3)15-27-20-12-21(32-4)19(11-16(20)2)22(31,23(24,25)26)17-13-28-30(14-17)18-9-7-6-8-10-18/h6-15,31H,5H2,1-4H3. The molecule has 3 rings (SSSR count). The summed E-state index contributed by atoms with van der Waals surface area (Å²) in [6.45, 7) is 4.30. The van der Waals surface area contributed by atoms with Crippen molar-refractivity contribution in [2.24, 2.45) is 4.99 Å². The maximum absolute atomic E-state index is 14.4. The Morgan fingerprint density at radius 2 is 1.91 bits per heavy atom. The number of benzene rings is 2. The Morgan fingerprint density at radius 3 is 2.50 bits per heavy atom. The number of ether oxygens (including phenoxy) is 1. The lowest BCUT2D eigenvalue weighted by Crippen LogP contribution is -2.43. The molecule has 0 aliphatic heterocycles. The number of aliphatic hydroxyl groups is 1. The highest BCUT2D eigenvalue weighted by Gasteiger charge is 2.58. The Labute approximate surface area is 184 Å². The van der Waals surface area contributed by atoms with Crippen molar-refractivity contribution in [3.05, 3.63) is 71.5 Å². The fraction of sp³-hybridized carbons (Fsp3) is 0.304. The predicted molar refractivity (Wildman–Crippen MR) is 117 cm³/mol. The number of rotatable bonds is 7. The fourth-order valence-corrected chi connectivity index (χ4v) is 3.21. The fourth-order valence-electron chi connectivity index (χ4n) is 3.21. The molecule has 1 heterocycles. The second-order valence-corrected chi connectivity index (χ2v) is 7.37. The summed E-state index contributed by atoms with van der Waals surface area (Å²) < 4.78 is 49.6. The lowest BCUT2D eigenvalue weighted by Gasteiger charge is -2.31. The first-order valence-corrected chi connectivity index (χ1v) is 9.95. The SMILES string of the molecule is CCN(C)C=Nc1cc(OC)c(C(O)(c2cnn(-c3ccccc3)c2)C(F)(F)F)cc1C. The van der Waals surface area contributed by atoms with Gasteiger partial charge in [-0.05, 0) is 37.6 Å². The van der Waals surface area contributed by atoms with Crippen molar-refractivity contribution in [2.45, 2.75) is 25.6 Å². The van der Waals surface area contributed by atoms with Crippen molar-refractivity contribution in [3.8, 4) is 11.4 Å². The molecule has 1 aromatic heterocycles. The Hall–Kier alpha value is -3.33. The smallest absolute Gasteiger partial charge is 0.426 e. The predicted octanol–water partition coefficient (Wildman–Crippen LogP) is 4.60. The van der Waals surface area contributed by atoms with Gasteiger partial charge in [0.25, 0.3) is 0 Å². The summed E-state index contributed by atoms with van der Waals surface area (Å²) in [6.07, 6.45) is -1.27. The first-order chi connectivity index (χ1) is 15.1. The average molecular weight is 446 g/mol. The van der Waals surface area contributed by atoms with Crippen molar-refractivity contribution in [1.82, 2.24) is 14.7 Å². The molecule has 3 aromatic rings. The molecule has 0 saturated carbocycles. The van der Waals surface area contributed by atoms with Crippen LogP contribution in [0.2, 0.25) is 0 Å². The molecule has 1 unspecified atom stereocenters. The monoisotopic (exact) mass is 446 g/mol. The zero-order valence-corrected chi connectivity index (χ0v) is 18.3. The van der Waals surface area contributed by atoms with Gasteiger partial charge in [-0.25, -0.2) is 9.67 Å². The van der Waals surface area contributed by atoms with E-state index in [1.54, 1.807) is 43.6 Å². The van der Waals surface area contributed by atoms with E-state index in [1.165, 1.54) is 30.1 Å². The zero-order chi connectivity index (χ0) is 23.5. The highest BCUT2D eigenvalue weighted by Crippen LogP contribution is 2.48. The lowest BCUT2D eigenvalue weighted by molar-refractivity contribution is -0.248. The van der Waals surface area contributed by atoms with Crippen molar-refractivity contribution < 1.29 is 23.0 Å². The van der Waals surface area contributed by atoms with Gasteiger partial charge in [-0.15, -0.1) is 0 Å². The number of hydrogen-bond acceptors (Lipinski definition) is 4. The van der Waals surface area contributed by atoms with E-state index in [1.807, 2.05) is 18.9 Å². The molecule has 0 spiro atoms. The largest absolute Gasteiger partial charge is 0.496 e. The minimum Gasteiger partial charge on any atom is -0.496 e. The van der Waals surface area contributed by atoms with E-state index < -0.39 is 22.9 Å². The van der Waals surface area contributed by atoms with Crippen LogP contribution in [0, 0.1) is 6.92 Å². The van der Waals surface area contributed by atoms with Gasteiger partial charge in [0.15, 0.2) is 0 Å². The van der Waals surface area contributed by atoms with Gasteiger partial charge in [-0.1, -0.05) is 18.2 Å². The van der Waals surface area contributed by atoms with E-state index in [0.29, 0.717) is 16.9 Å². The first kappa shape index (κ1) is 23.3. The number of aromatic nitrogens is 2. The van der Waals surface area contributed by atoms with Gasteiger partial charge >= 0.3 is 6.18 Å². The summed E-state index contributed by atoms with van der Waals surface area (Å²) in [5.74, 6) is -0.130. The van der Waals surface area contributed by atoms with E-state index in [9.17, 15) is 18.3 Å². The number of aliphatic imine (C=N–C) groups is 1. The first-order valence-electron chi connectivity index (χ1n) is 9.95. The second kappa shape index (κ2) is 9.04. The highest BCUT2D eigenvalue weighted by molar-refractivity contribution is 5.66. The molecule has 0 bridgehead atoms. The van der Waals surface area contributed by atoms with Crippen molar-refractivity contribution in [2.75, 3.05) is 20.7 Å². The van der Waals surface area contributed by atoms with Crippen LogP contribution in [0.15, 0.2) is 59.9 Å². The molecule has 0 radical (unpaired) electrons. The van der Waals surface area contributed by atoms with Crippen LogP contribution < -0.4 is 4.74 Å². The van der Waals surface area contributed by atoms with Gasteiger partial charge < -0.3 is 14.7 Å². The summed E-state index contributed by atoms with van der Waals surface area (Å²) in [5, 5.41) is 15.2. The number of para-hydroxylation sites is 1. The molecule has 9 heteroatoms.